The summed E-state index contributed by atoms with van der Waals surface area (Å²) in [4.78, 5) is 9.99. The normalized spacial score (nSPS) is 13.3. The molecule has 0 radical (unpaired) electrons. The van der Waals surface area contributed by atoms with Crippen LogP contribution >= 0.6 is 0 Å². The Kier molecular flexibility index (Phi) is 6.25. The van der Waals surface area contributed by atoms with Gasteiger partial charge in [0.2, 0.25) is 10.0 Å². The van der Waals surface area contributed by atoms with Crippen LogP contribution in [0.5, 0.6) is 0 Å². The Labute approximate surface area is 124 Å². The van der Waals surface area contributed by atoms with E-state index in [0.29, 0.717) is 12.0 Å². The van der Waals surface area contributed by atoms with Gasteiger partial charge in [-0.25, -0.2) is 13.1 Å². The van der Waals surface area contributed by atoms with Gasteiger partial charge in [0.15, 0.2) is 0 Å². The number of aliphatic hydroxyl groups is 1. The summed E-state index contributed by atoms with van der Waals surface area (Å²) in [6.07, 6.45) is 0.538. The Balaban J connectivity index is 2.73. The van der Waals surface area contributed by atoms with Crippen molar-refractivity contribution < 1.29 is 18.4 Å². The molecule has 0 bridgehead atoms. The van der Waals surface area contributed by atoms with Crippen molar-refractivity contribution >= 4 is 15.7 Å². The predicted octanol–water partition coefficient (Wildman–Crippen LogP) is 1.42. The van der Waals surface area contributed by atoms with Crippen molar-refractivity contribution in [3.8, 4) is 0 Å². The Morgan fingerprint density at radius 3 is 2.29 bits per heavy atom. The van der Waals surface area contributed by atoms with Gasteiger partial charge in [-0.15, -0.1) is 0 Å². The average Bonchev–Trinajstić information content (AvgIpc) is 2.37. The van der Waals surface area contributed by atoms with E-state index >= 15 is 0 Å². The SMILES string of the molecule is CC(C)CC(CO)NS(=O)(=O)Cc1ccc([N+](=O)[O-])cc1. The third-order valence-electron chi connectivity index (χ3n) is 2.83. The molecule has 118 valence electrons. The fraction of sp³-hybridized carbons (Fsp3) is 0.538. The van der Waals surface area contributed by atoms with E-state index in [-0.39, 0.29) is 24.0 Å². The molecule has 0 saturated heterocycles. The monoisotopic (exact) mass is 316 g/mol. The molecule has 0 spiro atoms. The smallest absolute Gasteiger partial charge is 0.269 e. The second kappa shape index (κ2) is 7.48. The number of non-ortho nitro benzene ring substituents is 1. The molecule has 1 aromatic carbocycles. The van der Waals surface area contributed by atoms with Gasteiger partial charge in [0.05, 0.1) is 17.3 Å². The Morgan fingerprint density at radius 1 is 1.29 bits per heavy atom. The maximum atomic E-state index is 12.0. The zero-order chi connectivity index (χ0) is 16.0. The van der Waals surface area contributed by atoms with Crippen LogP contribution in [-0.4, -0.2) is 31.1 Å². The molecule has 21 heavy (non-hydrogen) atoms. The van der Waals surface area contributed by atoms with Crippen molar-refractivity contribution in [3.63, 3.8) is 0 Å². The molecule has 0 aliphatic rings. The highest BCUT2D eigenvalue weighted by molar-refractivity contribution is 7.88. The van der Waals surface area contributed by atoms with E-state index in [1.807, 2.05) is 13.8 Å². The molecule has 8 heteroatoms. The van der Waals surface area contributed by atoms with Crippen molar-refractivity contribution in [1.29, 1.82) is 0 Å². The molecule has 1 unspecified atom stereocenters. The number of nitro groups is 1. The summed E-state index contributed by atoms with van der Waals surface area (Å²) in [5.74, 6) is -0.0243. The van der Waals surface area contributed by atoms with Crippen molar-refractivity contribution in [3.05, 3.63) is 39.9 Å². The highest BCUT2D eigenvalue weighted by atomic mass is 32.2. The highest BCUT2D eigenvalue weighted by Gasteiger charge is 2.19. The lowest BCUT2D eigenvalue weighted by atomic mass is 10.1. The number of hydrogen-bond donors (Lipinski definition) is 2. The number of rotatable bonds is 8. The first-order valence-corrected chi connectivity index (χ1v) is 8.23. The van der Waals surface area contributed by atoms with Gasteiger partial charge in [0.1, 0.15) is 0 Å². The van der Waals surface area contributed by atoms with Crippen LogP contribution in [0.2, 0.25) is 0 Å². The largest absolute Gasteiger partial charge is 0.395 e. The Bertz CT molecular complexity index is 569. The number of aliphatic hydroxyl groups excluding tert-OH is 1. The van der Waals surface area contributed by atoms with Crippen LogP contribution in [-0.2, 0) is 15.8 Å². The molecule has 7 nitrogen and oxygen atoms in total. The van der Waals surface area contributed by atoms with Crippen LogP contribution in [0.25, 0.3) is 0 Å². The van der Waals surface area contributed by atoms with Crippen molar-refractivity contribution in [2.75, 3.05) is 6.61 Å². The Hall–Kier alpha value is -1.51. The molecule has 0 aliphatic carbocycles. The molecule has 0 aromatic heterocycles. The maximum Gasteiger partial charge on any atom is 0.269 e. The summed E-state index contributed by atoms with van der Waals surface area (Å²) in [6.45, 7) is 3.61. The predicted molar refractivity (Wildman–Crippen MR) is 79.2 cm³/mol. The zero-order valence-corrected chi connectivity index (χ0v) is 12.8. The number of benzene rings is 1. The van der Waals surface area contributed by atoms with Gasteiger partial charge < -0.3 is 5.11 Å². The number of nitrogens with one attached hydrogen (secondary N) is 1. The van der Waals surface area contributed by atoms with Crippen LogP contribution in [0.1, 0.15) is 25.8 Å². The minimum Gasteiger partial charge on any atom is -0.395 e. The van der Waals surface area contributed by atoms with Crippen LogP contribution in [0.15, 0.2) is 24.3 Å². The van der Waals surface area contributed by atoms with Gasteiger partial charge in [0.25, 0.3) is 5.69 Å². The summed E-state index contributed by atoms with van der Waals surface area (Å²) in [5.41, 5.74) is 0.367. The molecule has 0 aliphatic heterocycles. The Morgan fingerprint density at radius 2 is 1.86 bits per heavy atom. The summed E-state index contributed by atoms with van der Waals surface area (Å²) in [7, 11) is -3.60. The third-order valence-corrected chi connectivity index (χ3v) is 4.23. The van der Waals surface area contributed by atoms with Gasteiger partial charge in [-0.2, -0.15) is 0 Å². The summed E-state index contributed by atoms with van der Waals surface area (Å²) in [5, 5.41) is 19.7. The summed E-state index contributed by atoms with van der Waals surface area (Å²) < 4.78 is 26.5. The molecule has 1 aromatic rings. The van der Waals surface area contributed by atoms with Crippen LogP contribution < -0.4 is 4.72 Å². The van der Waals surface area contributed by atoms with E-state index in [1.54, 1.807) is 0 Å². The first-order chi connectivity index (χ1) is 9.73. The van der Waals surface area contributed by atoms with Crippen molar-refractivity contribution in [1.82, 2.24) is 4.72 Å². The van der Waals surface area contributed by atoms with E-state index in [0.717, 1.165) is 0 Å². The zero-order valence-electron chi connectivity index (χ0n) is 12.0. The van der Waals surface area contributed by atoms with E-state index < -0.39 is 21.0 Å². The number of nitrogens with zero attached hydrogens (tertiary/aromatic N) is 1. The minimum absolute atomic E-state index is 0.0860. The molecular weight excluding hydrogens is 296 g/mol. The lowest BCUT2D eigenvalue weighted by molar-refractivity contribution is -0.384. The molecular formula is C13H20N2O5S. The van der Waals surface area contributed by atoms with E-state index in [1.165, 1.54) is 24.3 Å². The van der Waals surface area contributed by atoms with Gasteiger partial charge >= 0.3 is 0 Å². The molecule has 0 saturated carbocycles. The van der Waals surface area contributed by atoms with Crippen LogP contribution in [0.4, 0.5) is 5.69 Å². The number of hydrogen-bond acceptors (Lipinski definition) is 5. The van der Waals surface area contributed by atoms with Crippen molar-refractivity contribution in [2.24, 2.45) is 5.92 Å². The van der Waals surface area contributed by atoms with Gasteiger partial charge in [-0.05, 0) is 17.9 Å². The summed E-state index contributed by atoms with van der Waals surface area (Å²) >= 11 is 0. The highest BCUT2D eigenvalue weighted by Crippen LogP contribution is 2.14. The average molecular weight is 316 g/mol. The number of sulfonamides is 1. The fourth-order valence-electron chi connectivity index (χ4n) is 1.96. The second-order valence-corrected chi connectivity index (χ2v) is 7.06. The standard InChI is InChI=1S/C13H20N2O5S/c1-10(2)7-12(8-16)14-21(19,20)9-11-3-5-13(6-4-11)15(17)18/h3-6,10,12,14,16H,7-9H2,1-2H3. The maximum absolute atomic E-state index is 12.0. The molecule has 0 amide bonds. The van der Waals surface area contributed by atoms with E-state index in [9.17, 15) is 23.6 Å². The first kappa shape index (κ1) is 17.5. The summed E-state index contributed by atoms with van der Waals surface area (Å²) in [6, 6.07) is 4.83. The minimum atomic E-state index is -3.60. The molecule has 0 heterocycles. The fourth-order valence-corrected chi connectivity index (χ4v) is 3.35. The van der Waals surface area contributed by atoms with Gasteiger partial charge in [-0.3, -0.25) is 10.1 Å². The second-order valence-electron chi connectivity index (χ2n) is 5.31. The van der Waals surface area contributed by atoms with Crippen LogP contribution in [0, 0.1) is 16.0 Å². The quantitative estimate of drug-likeness (QED) is 0.557. The molecule has 2 N–H and O–H groups in total. The topological polar surface area (TPSA) is 110 Å². The molecule has 1 atom stereocenters. The third kappa shape index (κ3) is 6.19. The lowest BCUT2D eigenvalue weighted by Crippen LogP contribution is -2.39. The lowest BCUT2D eigenvalue weighted by Gasteiger charge is -2.18. The van der Waals surface area contributed by atoms with Gasteiger partial charge in [-0.1, -0.05) is 26.0 Å². The van der Waals surface area contributed by atoms with E-state index in [4.69, 9.17) is 0 Å². The molecule has 1 rings (SSSR count). The first-order valence-electron chi connectivity index (χ1n) is 6.57. The van der Waals surface area contributed by atoms with Gasteiger partial charge in [0, 0.05) is 18.2 Å². The van der Waals surface area contributed by atoms with Crippen LogP contribution in [0.3, 0.4) is 0 Å². The van der Waals surface area contributed by atoms with E-state index in [2.05, 4.69) is 4.72 Å². The number of nitro benzene ring substituents is 1. The van der Waals surface area contributed by atoms with Crippen molar-refractivity contribution in [2.45, 2.75) is 32.1 Å². The molecule has 0 fully saturated rings.